The molecule has 2 saturated heterocycles. The third-order valence-electron chi connectivity index (χ3n) is 7.45. The molecule has 5 rings (SSSR count). The van der Waals surface area contributed by atoms with Gasteiger partial charge in [-0.05, 0) is 60.9 Å². The zero-order valence-corrected chi connectivity index (χ0v) is 20.0. The molecule has 182 valence electrons. The Balaban J connectivity index is 1.27. The minimum atomic E-state index is -0.895. The van der Waals surface area contributed by atoms with Gasteiger partial charge in [-0.15, -0.1) is 0 Å². The van der Waals surface area contributed by atoms with Crippen LogP contribution in [0.2, 0.25) is 0 Å². The van der Waals surface area contributed by atoms with Crippen molar-refractivity contribution in [2.45, 2.75) is 44.6 Å². The van der Waals surface area contributed by atoms with Gasteiger partial charge in [-0.3, -0.25) is 19.5 Å². The monoisotopic (exact) mass is 473 g/mol. The van der Waals surface area contributed by atoms with Gasteiger partial charge in [0.2, 0.25) is 0 Å². The van der Waals surface area contributed by atoms with Crippen molar-refractivity contribution in [3.63, 3.8) is 0 Å². The number of fused-ring (bicyclic) bond motifs is 1. The number of amides is 4. The zero-order chi connectivity index (χ0) is 24.4. The van der Waals surface area contributed by atoms with Crippen molar-refractivity contribution in [1.82, 2.24) is 25.1 Å². The van der Waals surface area contributed by atoms with Crippen LogP contribution < -0.4 is 5.32 Å². The summed E-state index contributed by atoms with van der Waals surface area (Å²) in [5.41, 5.74) is 1.56. The second-order valence-corrected chi connectivity index (χ2v) is 9.53. The highest BCUT2D eigenvalue weighted by atomic mass is 16.2. The van der Waals surface area contributed by atoms with Gasteiger partial charge >= 0.3 is 6.03 Å². The smallest absolute Gasteiger partial charge is 0.325 e. The number of pyridine rings is 1. The number of piperidine rings is 1. The average Bonchev–Trinajstić information content (AvgIpc) is 3.45. The molecule has 1 aromatic carbocycles. The predicted molar refractivity (Wildman–Crippen MR) is 133 cm³/mol. The topological polar surface area (TPSA) is 98.4 Å². The molecular formula is C27H31N5O3. The highest BCUT2D eigenvalue weighted by molar-refractivity contribution is 6.07. The Labute approximate surface area is 204 Å². The summed E-state index contributed by atoms with van der Waals surface area (Å²) < 4.78 is 0. The highest BCUT2D eigenvalue weighted by Gasteiger charge is 2.55. The van der Waals surface area contributed by atoms with E-state index in [9.17, 15) is 14.4 Å². The van der Waals surface area contributed by atoms with E-state index in [-0.39, 0.29) is 23.8 Å². The van der Waals surface area contributed by atoms with Crippen LogP contribution in [0.4, 0.5) is 4.79 Å². The van der Waals surface area contributed by atoms with Crippen LogP contribution in [0.5, 0.6) is 0 Å². The van der Waals surface area contributed by atoms with Gasteiger partial charge < -0.3 is 15.2 Å². The number of rotatable bonds is 7. The number of nitrogens with zero attached hydrogens (tertiary/aromatic N) is 3. The number of nitrogens with one attached hydrogen (secondary N) is 2. The molecule has 8 heteroatoms. The Bertz CT molecular complexity index is 1230. The van der Waals surface area contributed by atoms with Gasteiger partial charge in [0.1, 0.15) is 5.54 Å². The molecule has 1 atom stereocenters. The van der Waals surface area contributed by atoms with Crippen LogP contribution in [0.3, 0.4) is 0 Å². The van der Waals surface area contributed by atoms with Gasteiger partial charge in [-0.2, -0.15) is 0 Å². The predicted octanol–water partition coefficient (Wildman–Crippen LogP) is 3.75. The van der Waals surface area contributed by atoms with Crippen LogP contribution >= 0.6 is 0 Å². The fraction of sp³-hybridized carbons (Fsp3) is 0.407. The molecule has 3 aromatic rings. The molecule has 0 aliphatic carbocycles. The lowest BCUT2D eigenvalue weighted by molar-refractivity contribution is -0.134. The minimum Gasteiger partial charge on any atom is -0.361 e. The van der Waals surface area contributed by atoms with E-state index >= 15 is 0 Å². The number of carbonyl (C=O) groups excluding carboxylic acids is 3. The van der Waals surface area contributed by atoms with E-state index in [0.29, 0.717) is 50.9 Å². The summed E-state index contributed by atoms with van der Waals surface area (Å²) in [5, 5.41) is 4.15. The maximum absolute atomic E-state index is 13.6. The van der Waals surface area contributed by atoms with E-state index < -0.39 is 5.54 Å². The summed E-state index contributed by atoms with van der Waals surface area (Å²) in [6, 6.07) is 13.0. The number of H-pyrrole nitrogens is 1. The quantitative estimate of drug-likeness (QED) is 0.511. The number of benzene rings is 1. The standard InChI is InChI=1S/C27H31N5O3/c1-2-12-27(25(34)32(26(35)30-27)17-11-22-5-3-4-13-28-22)21-9-15-31(16-10-21)24(33)20-7-6-19-8-14-29-23(19)18-20/h3-8,13-14,18,21,29H,2,9-12,15-17H2,1H3,(H,30,35)/t27-/m1/s1. The van der Waals surface area contributed by atoms with Crippen LogP contribution in [0.25, 0.3) is 10.9 Å². The SMILES string of the molecule is CCC[C@]1(C2CCN(C(=O)c3ccc4cc[nH]c4c3)CC2)NC(=O)N(CCc2ccccn2)C1=O. The van der Waals surface area contributed by atoms with Crippen molar-refractivity contribution < 1.29 is 14.4 Å². The number of aromatic nitrogens is 2. The van der Waals surface area contributed by atoms with Gasteiger partial charge in [0.05, 0.1) is 0 Å². The number of imide groups is 1. The molecule has 0 bridgehead atoms. The molecule has 0 radical (unpaired) electrons. The molecule has 8 nitrogen and oxygen atoms in total. The van der Waals surface area contributed by atoms with Gasteiger partial charge in [0, 0.05) is 55.2 Å². The highest BCUT2D eigenvalue weighted by Crippen LogP contribution is 2.37. The van der Waals surface area contributed by atoms with Gasteiger partial charge in [-0.1, -0.05) is 25.5 Å². The van der Waals surface area contributed by atoms with Crippen molar-refractivity contribution in [2.24, 2.45) is 5.92 Å². The zero-order valence-electron chi connectivity index (χ0n) is 20.0. The number of carbonyl (C=O) groups is 3. The molecule has 0 saturated carbocycles. The molecule has 2 aromatic heterocycles. The fourth-order valence-electron chi connectivity index (χ4n) is 5.60. The summed E-state index contributed by atoms with van der Waals surface area (Å²) in [4.78, 5) is 50.3. The first-order valence-corrected chi connectivity index (χ1v) is 12.4. The molecule has 2 N–H and O–H groups in total. The molecule has 2 fully saturated rings. The maximum atomic E-state index is 13.6. The molecule has 2 aliphatic rings. The van der Waals surface area contributed by atoms with E-state index in [2.05, 4.69) is 15.3 Å². The van der Waals surface area contributed by atoms with E-state index in [1.165, 1.54) is 4.90 Å². The molecule has 2 aliphatic heterocycles. The Morgan fingerprint density at radius 3 is 2.71 bits per heavy atom. The van der Waals surface area contributed by atoms with E-state index in [0.717, 1.165) is 23.0 Å². The Kier molecular flexibility index (Phi) is 6.28. The van der Waals surface area contributed by atoms with Crippen molar-refractivity contribution >= 4 is 28.7 Å². The summed E-state index contributed by atoms with van der Waals surface area (Å²) >= 11 is 0. The van der Waals surface area contributed by atoms with Crippen LogP contribution in [-0.4, -0.2) is 62.8 Å². The second kappa shape index (κ2) is 9.52. The van der Waals surface area contributed by atoms with Crippen LogP contribution in [0.15, 0.2) is 54.9 Å². The molecular weight excluding hydrogens is 442 g/mol. The number of hydrogen-bond acceptors (Lipinski definition) is 4. The molecule has 35 heavy (non-hydrogen) atoms. The van der Waals surface area contributed by atoms with Crippen LogP contribution in [-0.2, 0) is 11.2 Å². The van der Waals surface area contributed by atoms with Crippen molar-refractivity contribution in [2.75, 3.05) is 19.6 Å². The number of likely N-dealkylation sites (tertiary alicyclic amines) is 1. The Hall–Kier alpha value is -3.68. The van der Waals surface area contributed by atoms with Crippen molar-refractivity contribution in [3.8, 4) is 0 Å². The van der Waals surface area contributed by atoms with Gasteiger partial charge in [-0.25, -0.2) is 4.79 Å². The first-order valence-electron chi connectivity index (χ1n) is 12.4. The van der Waals surface area contributed by atoms with Crippen molar-refractivity contribution in [1.29, 1.82) is 0 Å². The largest absolute Gasteiger partial charge is 0.361 e. The number of hydrogen-bond donors (Lipinski definition) is 2. The summed E-state index contributed by atoms with van der Waals surface area (Å²) in [7, 11) is 0. The average molecular weight is 474 g/mol. The van der Waals surface area contributed by atoms with Gasteiger partial charge in [0.25, 0.3) is 11.8 Å². The fourth-order valence-corrected chi connectivity index (χ4v) is 5.60. The van der Waals surface area contributed by atoms with Crippen LogP contribution in [0.1, 0.15) is 48.7 Å². The summed E-state index contributed by atoms with van der Waals surface area (Å²) in [6.07, 6.45) is 6.85. The Morgan fingerprint density at radius 1 is 1.14 bits per heavy atom. The van der Waals surface area contributed by atoms with Crippen LogP contribution in [0, 0.1) is 5.92 Å². The summed E-state index contributed by atoms with van der Waals surface area (Å²) in [5.74, 6) is -0.140. The molecule has 4 heterocycles. The molecule has 0 spiro atoms. The first-order chi connectivity index (χ1) is 17.0. The summed E-state index contributed by atoms with van der Waals surface area (Å²) in [6.45, 7) is 3.47. The normalized spacial score (nSPS) is 21.1. The molecule has 0 unspecified atom stereocenters. The Morgan fingerprint density at radius 2 is 1.97 bits per heavy atom. The van der Waals surface area contributed by atoms with Crippen molar-refractivity contribution in [3.05, 3.63) is 66.1 Å². The van der Waals surface area contributed by atoms with E-state index in [1.807, 2.05) is 60.5 Å². The lowest BCUT2D eigenvalue weighted by atomic mass is 9.74. The number of aromatic amines is 1. The lowest BCUT2D eigenvalue weighted by Gasteiger charge is -2.41. The second-order valence-electron chi connectivity index (χ2n) is 9.53. The maximum Gasteiger partial charge on any atom is 0.325 e. The number of urea groups is 1. The minimum absolute atomic E-state index is 0.00302. The molecule has 4 amide bonds. The first kappa shape index (κ1) is 23.1. The third-order valence-corrected chi connectivity index (χ3v) is 7.45. The third kappa shape index (κ3) is 4.29. The lowest BCUT2D eigenvalue weighted by Crippen LogP contribution is -2.56. The van der Waals surface area contributed by atoms with Gasteiger partial charge in [0.15, 0.2) is 0 Å². The van der Waals surface area contributed by atoms with E-state index in [1.54, 1.807) is 6.20 Å². The van der Waals surface area contributed by atoms with E-state index in [4.69, 9.17) is 0 Å².